The molecule has 4 fully saturated rings. The summed E-state index contributed by atoms with van der Waals surface area (Å²) in [4.78, 5) is 32.9. The van der Waals surface area contributed by atoms with Crippen molar-refractivity contribution in [1.29, 1.82) is 5.26 Å². The summed E-state index contributed by atoms with van der Waals surface area (Å²) < 4.78 is 0. The number of carbonyl (C=O) groups is 2. The normalized spacial score (nSPS) is 33.7. The number of nitrogens with one attached hydrogen (secondary N) is 1. The monoisotopic (exact) mass is 472 g/mol. The molecular weight excluding hydrogens is 444 g/mol. The molecular formula is C25H28N8O2. The maximum absolute atomic E-state index is 13.5. The third-order valence-electron chi connectivity index (χ3n) is 8.88. The molecule has 1 saturated carbocycles. The molecule has 10 heteroatoms. The van der Waals surface area contributed by atoms with Crippen LogP contribution in [0, 0.1) is 23.2 Å². The molecule has 4 heterocycles. The van der Waals surface area contributed by atoms with E-state index < -0.39 is 0 Å². The van der Waals surface area contributed by atoms with Crippen LogP contribution in [0.3, 0.4) is 0 Å². The van der Waals surface area contributed by atoms with Crippen LogP contribution in [-0.4, -0.2) is 84.4 Å². The highest BCUT2D eigenvalue weighted by molar-refractivity contribution is 5.87. The van der Waals surface area contributed by atoms with E-state index in [1.54, 1.807) is 0 Å². The summed E-state index contributed by atoms with van der Waals surface area (Å²) in [5, 5.41) is 23.8. The Kier molecular flexibility index (Phi) is 4.55. The lowest BCUT2D eigenvalue weighted by molar-refractivity contribution is -0.142. The number of benzene rings is 1. The average Bonchev–Trinajstić information content (AvgIpc) is 3.43. The molecule has 2 aromatic rings. The molecule has 180 valence electrons. The van der Waals surface area contributed by atoms with Crippen LogP contribution in [0.15, 0.2) is 18.2 Å². The molecule has 1 N–H and O–H groups in total. The van der Waals surface area contributed by atoms with Crippen molar-refractivity contribution in [3.63, 3.8) is 0 Å². The summed E-state index contributed by atoms with van der Waals surface area (Å²) in [6.07, 6.45) is 4.56. The SMILES string of the molecule is C[C@@H](CN1C[C@H]2C[C@@H]1C(=O)N2[C@@H]1CCc2cc(-c3nn[nH]n3)ccc21)C(=O)N1C2C[C@H]2C[C@H]1C#N. The number of likely N-dealkylation sites (tertiary alicyclic amines) is 3. The van der Waals surface area contributed by atoms with Crippen molar-refractivity contribution in [3.8, 4) is 17.5 Å². The van der Waals surface area contributed by atoms with Crippen molar-refractivity contribution in [2.45, 2.75) is 69.2 Å². The van der Waals surface area contributed by atoms with Gasteiger partial charge < -0.3 is 9.80 Å². The maximum atomic E-state index is 13.5. The van der Waals surface area contributed by atoms with Crippen LogP contribution < -0.4 is 0 Å². The molecule has 3 aliphatic heterocycles. The smallest absolute Gasteiger partial charge is 0.240 e. The van der Waals surface area contributed by atoms with Crippen molar-refractivity contribution in [2.75, 3.05) is 13.1 Å². The summed E-state index contributed by atoms with van der Waals surface area (Å²) in [7, 11) is 0. The molecule has 0 spiro atoms. The number of aromatic nitrogens is 4. The predicted molar refractivity (Wildman–Crippen MR) is 123 cm³/mol. The van der Waals surface area contributed by atoms with Crippen molar-refractivity contribution in [2.24, 2.45) is 11.8 Å². The molecule has 7 rings (SSSR count). The summed E-state index contributed by atoms with van der Waals surface area (Å²) in [6, 6.07) is 8.71. The van der Waals surface area contributed by atoms with Gasteiger partial charge in [0.15, 0.2) is 0 Å². The number of aryl methyl sites for hydroxylation is 1. The minimum absolute atomic E-state index is 0.0794. The summed E-state index contributed by atoms with van der Waals surface area (Å²) in [5.41, 5.74) is 3.41. The standard InChI is InChI=1S/C25H28N8O2/c1-13(24(34)32-17(10-26)7-16-8-21(16)32)11-31-12-18-9-22(31)25(35)33(18)20-5-3-14-6-15(2-4-19(14)20)23-27-29-30-28-23/h2,4,6,13,16-18,20-22H,3,5,7-9,11-12H2,1H3,(H,27,28,29,30)/t13-,16+,17-,18+,20+,21?,22+/m0/s1. The van der Waals surface area contributed by atoms with E-state index in [9.17, 15) is 14.9 Å². The van der Waals surface area contributed by atoms with E-state index in [-0.39, 0.29) is 47.9 Å². The second-order valence-electron chi connectivity index (χ2n) is 10.9. The Morgan fingerprint density at radius 3 is 2.94 bits per heavy atom. The third-order valence-corrected chi connectivity index (χ3v) is 8.88. The quantitative estimate of drug-likeness (QED) is 0.696. The number of H-pyrrole nitrogens is 1. The van der Waals surface area contributed by atoms with Crippen LogP contribution in [-0.2, 0) is 16.0 Å². The van der Waals surface area contributed by atoms with Crippen LogP contribution in [0.1, 0.15) is 49.8 Å². The van der Waals surface area contributed by atoms with E-state index in [1.807, 2.05) is 17.9 Å². The minimum Gasteiger partial charge on any atom is -0.330 e. The number of fused-ring (bicyclic) bond motifs is 4. The Bertz CT molecular complexity index is 1240. The fraction of sp³-hybridized carbons (Fsp3) is 0.600. The lowest BCUT2D eigenvalue weighted by atomic mass is 10.0. The molecule has 2 amide bonds. The topological polar surface area (TPSA) is 122 Å². The lowest BCUT2D eigenvalue weighted by Gasteiger charge is -2.39. The number of nitrogens with zero attached hydrogens (tertiary/aromatic N) is 7. The Morgan fingerprint density at radius 2 is 2.17 bits per heavy atom. The molecule has 1 aromatic heterocycles. The molecule has 35 heavy (non-hydrogen) atoms. The van der Waals surface area contributed by atoms with E-state index in [4.69, 9.17) is 0 Å². The fourth-order valence-corrected chi connectivity index (χ4v) is 7.18. The highest BCUT2D eigenvalue weighted by atomic mass is 16.2. The van der Waals surface area contributed by atoms with Gasteiger partial charge in [-0.05, 0) is 60.4 Å². The van der Waals surface area contributed by atoms with Crippen LogP contribution in [0.5, 0.6) is 0 Å². The zero-order chi connectivity index (χ0) is 23.8. The number of amides is 2. The lowest BCUT2D eigenvalue weighted by Crippen LogP contribution is -2.53. The molecule has 10 nitrogen and oxygen atoms in total. The molecule has 0 radical (unpaired) electrons. The van der Waals surface area contributed by atoms with Gasteiger partial charge >= 0.3 is 0 Å². The van der Waals surface area contributed by atoms with Crippen molar-refractivity contribution >= 4 is 11.8 Å². The first-order valence-electron chi connectivity index (χ1n) is 12.7. The van der Waals surface area contributed by atoms with Crippen LogP contribution >= 0.6 is 0 Å². The van der Waals surface area contributed by atoms with Gasteiger partial charge in [-0.2, -0.15) is 10.5 Å². The molecule has 1 aromatic carbocycles. The van der Waals surface area contributed by atoms with Crippen LogP contribution in [0.4, 0.5) is 0 Å². The second-order valence-corrected chi connectivity index (χ2v) is 10.9. The van der Waals surface area contributed by atoms with E-state index in [0.717, 1.165) is 44.2 Å². The van der Waals surface area contributed by atoms with Gasteiger partial charge in [0.05, 0.1) is 18.2 Å². The number of aromatic amines is 1. The number of carbonyl (C=O) groups excluding carboxylic acids is 2. The van der Waals surface area contributed by atoms with E-state index in [2.05, 4.69) is 48.6 Å². The number of hydrogen-bond acceptors (Lipinski definition) is 7. The zero-order valence-corrected chi connectivity index (χ0v) is 19.7. The summed E-state index contributed by atoms with van der Waals surface area (Å²) in [6.45, 7) is 3.35. The van der Waals surface area contributed by atoms with E-state index >= 15 is 0 Å². The van der Waals surface area contributed by atoms with Gasteiger partial charge in [0.2, 0.25) is 17.6 Å². The van der Waals surface area contributed by atoms with Crippen LogP contribution in [0.25, 0.3) is 11.4 Å². The maximum Gasteiger partial charge on any atom is 0.240 e. The van der Waals surface area contributed by atoms with Gasteiger partial charge in [0, 0.05) is 36.7 Å². The first-order chi connectivity index (χ1) is 17.0. The average molecular weight is 473 g/mol. The highest BCUT2D eigenvalue weighted by Gasteiger charge is 2.56. The summed E-state index contributed by atoms with van der Waals surface area (Å²) in [5.74, 6) is 1.17. The van der Waals surface area contributed by atoms with Gasteiger partial charge in [-0.1, -0.05) is 19.1 Å². The third kappa shape index (κ3) is 3.14. The number of rotatable bonds is 5. The minimum atomic E-state index is -0.274. The van der Waals surface area contributed by atoms with Crippen molar-refractivity contribution in [3.05, 3.63) is 29.3 Å². The van der Waals surface area contributed by atoms with E-state index in [1.165, 1.54) is 11.1 Å². The van der Waals surface area contributed by atoms with E-state index in [0.29, 0.717) is 18.3 Å². The van der Waals surface area contributed by atoms with Crippen LogP contribution in [0.2, 0.25) is 0 Å². The Hall–Kier alpha value is -3.32. The second kappa shape index (κ2) is 7.59. The molecule has 2 bridgehead atoms. The number of nitriles is 1. The summed E-state index contributed by atoms with van der Waals surface area (Å²) >= 11 is 0. The fourth-order valence-electron chi connectivity index (χ4n) is 7.18. The number of hydrogen-bond donors (Lipinski definition) is 1. The Labute approximate surface area is 203 Å². The van der Waals surface area contributed by atoms with Gasteiger partial charge in [0.1, 0.15) is 6.04 Å². The Morgan fingerprint density at radius 1 is 1.29 bits per heavy atom. The number of tetrazole rings is 1. The first kappa shape index (κ1) is 21.0. The molecule has 3 saturated heterocycles. The molecule has 1 unspecified atom stereocenters. The van der Waals surface area contributed by atoms with Crippen molar-refractivity contribution < 1.29 is 9.59 Å². The van der Waals surface area contributed by atoms with Gasteiger partial charge in [-0.25, -0.2) is 0 Å². The molecule has 7 atom stereocenters. The molecule has 2 aliphatic carbocycles. The predicted octanol–water partition coefficient (Wildman–Crippen LogP) is 1.29. The van der Waals surface area contributed by atoms with Crippen molar-refractivity contribution in [1.82, 2.24) is 35.3 Å². The van der Waals surface area contributed by atoms with Gasteiger partial charge in [0.25, 0.3) is 0 Å². The highest BCUT2D eigenvalue weighted by Crippen LogP contribution is 2.48. The number of piperidine rings is 1. The van der Waals surface area contributed by atoms with Gasteiger partial charge in [-0.3, -0.25) is 14.5 Å². The largest absolute Gasteiger partial charge is 0.330 e. The van der Waals surface area contributed by atoms with Gasteiger partial charge in [-0.15, -0.1) is 10.2 Å². The first-order valence-corrected chi connectivity index (χ1v) is 12.7. The number of piperazine rings is 1. The Balaban J connectivity index is 1.03. The zero-order valence-electron chi connectivity index (χ0n) is 19.7. The molecule has 5 aliphatic rings.